The SMILES string of the molecule is CCOC(CCNC(c1ccc(O)cc1)c1cccnc1)OCC. The Balaban J connectivity index is 2.05. The fraction of sp³-hybridized carbons (Fsp3) is 0.421. The summed E-state index contributed by atoms with van der Waals surface area (Å²) in [6, 6.07) is 11.2. The summed E-state index contributed by atoms with van der Waals surface area (Å²) >= 11 is 0. The number of nitrogens with zero attached hydrogens (tertiary/aromatic N) is 1. The van der Waals surface area contributed by atoms with Crippen molar-refractivity contribution < 1.29 is 14.6 Å². The zero-order valence-electron chi connectivity index (χ0n) is 14.3. The van der Waals surface area contributed by atoms with E-state index in [2.05, 4.69) is 10.3 Å². The summed E-state index contributed by atoms with van der Waals surface area (Å²) in [6.07, 6.45) is 4.18. The van der Waals surface area contributed by atoms with Gasteiger partial charge in [0.05, 0.1) is 6.04 Å². The Labute approximate surface area is 143 Å². The Bertz CT molecular complexity index is 569. The molecule has 0 bridgehead atoms. The van der Waals surface area contributed by atoms with Crippen molar-refractivity contribution in [2.24, 2.45) is 0 Å². The largest absolute Gasteiger partial charge is 0.508 e. The third-order valence-corrected chi connectivity index (χ3v) is 3.68. The van der Waals surface area contributed by atoms with E-state index in [1.165, 1.54) is 0 Å². The van der Waals surface area contributed by atoms with Gasteiger partial charge >= 0.3 is 0 Å². The Kier molecular flexibility index (Phi) is 7.68. The van der Waals surface area contributed by atoms with E-state index in [0.717, 1.165) is 24.1 Å². The Morgan fingerprint density at radius 2 is 1.75 bits per heavy atom. The Morgan fingerprint density at radius 3 is 2.33 bits per heavy atom. The molecule has 0 aliphatic heterocycles. The molecule has 1 unspecified atom stereocenters. The van der Waals surface area contributed by atoms with Gasteiger partial charge in [-0.3, -0.25) is 4.98 Å². The average Bonchev–Trinajstić information content (AvgIpc) is 2.61. The normalized spacial score (nSPS) is 12.5. The fourth-order valence-electron chi connectivity index (χ4n) is 2.57. The summed E-state index contributed by atoms with van der Waals surface area (Å²) < 4.78 is 11.2. The quantitative estimate of drug-likeness (QED) is 0.655. The van der Waals surface area contributed by atoms with Crippen molar-refractivity contribution in [1.29, 1.82) is 0 Å². The highest BCUT2D eigenvalue weighted by Gasteiger charge is 2.15. The third-order valence-electron chi connectivity index (χ3n) is 3.68. The van der Waals surface area contributed by atoms with Crippen LogP contribution >= 0.6 is 0 Å². The molecule has 0 aliphatic carbocycles. The van der Waals surface area contributed by atoms with Crippen LogP contribution in [0.5, 0.6) is 5.75 Å². The van der Waals surface area contributed by atoms with Crippen LogP contribution in [0.15, 0.2) is 48.8 Å². The molecule has 0 fully saturated rings. The molecule has 2 rings (SSSR count). The maximum atomic E-state index is 9.51. The van der Waals surface area contributed by atoms with E-state index >= 15 is 0 Å². The maximum absolute atomic E-state index is 9.51. The van der Waals surface area contributed by atoms with Gasteiger partial charge < -0.3 is 19.9 Å². The van der Waals surface area contributed by atoms with E-state index in [0.29, 0.717) is 13.2 Å². The van der Waals surface area contributed by atoms with Gasteiger partial charge in [-0.15, -0.1) is 0 Å². The summed E-state index contributed by atoms with van der Waals surface area (Å²) in [6.45, 7) is 5.94. The molecule has 1 heterocycles. The van der Waals surface area contributed by atoms with Crippen LogP contribution in [0.3, 0.4) is 0 Å². The number of benzene rings is 1. The second-order valence-corrected chi connectivity index (χ2v) is 5.39. The number of nitrogens with one attached hydrogen (secondary N) is 1. The molecular formula is C19H26N2O3. The first-order valence-corrected chi connectivity index (χ1v) is 8.40. The number of phenols is 1. The highest BCUT2D eigenvalue weighted by atomic mass is 16.7. The van der Waals surface area contributed by atoms with Gasteiger partial charge in [0.2, 0.25) is 0 Å². The van der Waals surface area contributed by atoms with Crippen LogP contribution in [0.25, 0.3) is 0 Å². The molecule has 130 valence electrons. The molecule has 5 heteroatoms. The predicted octanol–water partition coefficient (Wildman–Crippen LogP) is 3.26. The lowest BCUT2D eigenvalue weighted by molar-refractivity contribution is -0.138. The number of rotatable bonds is 10. The smallest absolute Gasteiger partial charge is 0.158 e. The number of aromatic nitrogens is 1. The van der Waals surface area contributed by atoms with Gasteiger partial charge in [0, 0.05) is 38.6 Å². The molecule has 0 amide bonds. The number of hydrogen-bond donors (Lipinski definition) is 2. The minimum Gasteiger partial charge on any atom is -0.508 e. The van der Waals surface area contributed by atoms with Crippen LogP contribution < -0.4 is 5.32 Å². The van der Waals surface area contributed by atoms with Crippen molar-refractivity contribution in [1.82, 2.24) is 10.3 Å². The molecule has 1 aromatic heterocycles. The molecule has 0 spiro atoms. The van der Waals surface area contributed by atoms with Gasteiger partial charge in [-0.2, -0.15) is 0 Å². The molecule has 0 saturated carbocycles. The van der Waals surface area contributed by atoms with Crippen molar-refractivity contribution in [3.63, 3.8) is 0 Å². The van der Waals surface area contributed by atoms with Crippen LogP contribution in [0.4, 0.5) is 0 Å². The highest BCUT2D eigenvalue weighted by molar-refractivity contribution is 5.33. The lowest BCUT2D eigenvalue weighted by atomic mass is 10.00. The third kappa shape index (κ3) is 5.60. The number of pyridine rings is 1. The number of aromatic hydroxyl groups is 1. The molecule has 0 radical (unpaired) electrons. The lowest BCUT2D eigenvalue weighted by Crippen LogP contribution is -2.28. The van der Waals surface area contributed by atoms with Gasteiger partial charge in [0.1, 0.15) is 5.75 Å². The maximum Gasteiger partial charge on any atom is 0.158 e. The molecule has 2 N–H and O–H groups in total. The molecular weight excluding hydrogens is 304 g/mol. The zero-order chi connectivity index (χ0) is 17.2. The standard InChI is InChI=1S/C19H26N2O3/c1-3-23-18(24-4-2)11-13-21-19(16-6-5-12-20-14-16)15-7-9-17(22)10-8-15/h5-10,12,14,18-19,21-22H,3-4,11,13H2,1-2H3. The average molecular weight is 330 g/mol. The van der Waals surface area contributed by atoms with Gasteiger partial charge in [-0.05, 0) is 43.2 Å². The molecule has 1 atom stereocenters. The molecule has 0 saturated heterocycles. The monoisotopic (exact) mass is 330 g/mol. The first-order valence-electron chi connectivity index (χ1n) is 8.40. The van der Waals surface area contributed by atoms with Crippen LogP contribution in [0, 0.1) is 0 Å². The van der Waals surface area contributed by atoms with E-state index in [1.54, 1.807) is 18.3 Å². The first-order chi connectivity index (χ1) is 11.7. The van der Waals surface area contributed by atoms with Crippen molar-refractivity contribution in [3.05, 3.63) is 59.9 Å². The summed E-state index contributed by atoms with van der Waals surface area (Å²) in [4.78, 5) is 4.21. The van der Waals surface area contributed by atoms with E-state index in [9.17, 15) is 5.11 Å². The number of ether oxygens (including phenoxy) is 2. The van der Waals surface area contributed by atoms with Crippen LogP contribution in [0.1, 0.15) is 37.4 Å². The van der Waals surface area contributed by atoms with Gasteiger partial charge in [-0.25, -0.2) is 0 Å². The van der Waals surface area contributed by atoms with Crippen LogP contribution in [0.2, 0.25) is 0 Å². The second-order valence-electron chi connectivity index (χ2n) is 5.39. The minimum absolute atomic E-state index is 0.00297. The van der Waals surface area contributed by atoms with E-state index in [1.807, 2.05) is 44.3 Å². The van der Waals surface area contributed by atoms with Crippen LogP contribution in [-0.4, -0.2) is 36.1 Å². The summed E-state index contributed by atoms with van der Waals surface area (Å²) in [5.41, 5.74) is 2.15. The topological polar surface area (TPSA) is 63.6 Å². The summed E-state index contributed by atoms with van der Waals surface area (Å²) in [7, 11) is 0. The highest BCUT2D eigenvalue weighted by Crippen LogP contribution is 2.23. The molecule has 2 aromatic rings. The predicted molar refractivity (Wildman–Crippen MR) is 93.8 cm³/mol. The van der Waals surface area contributed by atoms with E-state index in [4.69, 9.17) is 9.47 Å². The van der Waals surface area contributed by atoms with Gasteiger partial charge in [-0.1, -0.05) is 18.2 Å². The summed E-state index contributed by atoms with van der Waals surface area (Å²) in [5, 5.41) is 13.0. The zero-order valence-corrected chi connectivity index (χ0v) is 14.3. The van der Waals surface area contributed by atoms with Gasteiger partial charge in [0.25, 0.3) is 0 Å². The fourth-order valence-corrected chi connectivity index (χ4v) is 2.57. The van der Waals surface area contributed by atoms with Crippen molar-refractivity contribution in [2.75, 3.05) is 19.8 Å². The number of phenolic OH excluding ortho intramolecular Hbond substituents is 1. The van der Waals surface area contributed by atoms with E-state index in [-0.39, 0.29) is 18.1 Å². The number of hydrogen-bond acceptors (Lipinski definition) is 5. The minimum atomic E-state index is -0.193. The van der Waals surface area contributed by atoms with Crippen LogP contribution in [-0.2, 0) is 9.47 Å². The van der Waals surface area contributed by atoms with Crippen molar-refractivity contribution in [2.45, 2.75) is 32.6 Å². The summed E-state index contributed by atoms with van der Waals surface area (Å²) in [5.74, 6) is 0.261. The van der Waals surface area contributed by atoms with Gasteiger partial charge in [0.15, 0.2) is 6.29 Å². The lowest BCUT2D eigenvalue weighted by Gasteiger charge is -2.22. The first kappa shape index (κ1) is 18.4. The molecule has 5 nitrogen and oxygen atoms in total. The van der Waals surface area contributed by atoms with Crippen molar-refractivity contribution in [3.8, 4) is 5.75 Å². The van der Waals surface area contributed by atoms with Crippen molar-refractivity contribution >= 4 is 0 Å². The molecule has 24 heavy (non-hydrogen) atoms. The Hall–Kier alpha value is -1.95. The molecule has 1 aromatic carbocycles. The van der Waals surface area contributed by atoms with E-state index < -0.39 is 0 Å². The second kappa shape index (κ2) is 10.0. The Morgan fingerprint density at radius 1 is 1.04 bits per heavy atom. The molecule has 0 aliphatic rings.